The summed E-state index contributed by atoms with van der Waals surface area (Å²) in [6, 6.07) is 6.70. The van der Waals surface area contributed by atoms with E-state index in [1.807, 2.05) is 11.6 Å². The summed E-state index contributed by atoms with van der Waals surface area (Å²) in [7, 11) is 0. The van der Waals surface area contributed by atoms with Crippen LogP contribution in [0.5, 0.6) is 0 Å². The van der Waals surface area contributed by atoms with E-state index in [-0.39, 0.29) is 24.3 Å². The Bertz CT molecular complexity index is 658. The Labute approximate surface area is 142 Å². The highest BCUT2D eigenvalue weighted by atomic mass is 35.5. The van der Waals surface area contributed by atoms with Crippen molar-refractivity contribution in [2.45, 2.75) is 33.4 Å². The Morgan fingerprint density at radius 2 is 1.87 bits per heavy atom. The number of hydrogen-bond acceptors (Lipinski definition) is 3. The molecule has 6 heteroatoms. The molecule has 1 saturated heterocycles. The highest BCUT2D eigenvalue weighted by Crippen LogP contribution is 2.23. The monoisotopic (exact) mass is 338 g/mol. The van der Waals surface area contributed by atoms with E-state index >= 15 is 0 Å². The number of aryl methyl sites for hydroxylation is 1. The van der Waals surface area contributed by atoms with Crippen molar-refractivity contribution in [3.8, 4) is 5.69 Å². The predicted molar refractivity (Wildman–Crippen MR) is 92.7 cm³/mol. The van der Waals surface area contributed by atoms with Gasteiger partial charge in [0.15, 0.2) is 0 Å². The molecule has 4 nitrogen and oxygen atoms in total. The van der Waals surface area contributed by atoms with Crippen LogP contribution in [0.1, 0.15) is 23.9 Å². The fraction of sp³-hybridized carbons (Fsp3) is 0.471. The van der Waals surface area contributed by atoms with Gasteiger partial charge in [0.25, 0.3) is 0 Å². The summed E-state index contributed by atoms with van der Waals surface area (Å²) in [6.07, 6.45) is 0. The Morgan fingerprint density at radius 3 is 2.43 bits per heavy atom. The first-order valence-corrected chi connectivity index (χ1v) is 7.74. The van der Waals surface area contributed by atoms with Crippen molar-refractivity contribution in [3.05, 3.63) is 47.0 Å². The quantitative estimate of drug-likeness (QED) is 0.936. The summed E-state index contributed by atoms with van der Waals surface area (Å²) < 4.78 is 15.0. The van der Waals surface area contributed by atoms with Gasteiger partial charge in [-0.3, -0.25) is 4.90 Å². The molecule has 1 aromatic heterocycles. The number of halogens is 2. The third kappa shape index (κ3) is 3.57. The van der Waals surface area contributed by atoms with Crippen molar-refractivity contribution in [2.24, 2.45) is 11.7 Å². The van der Waals surface area contributed by atoms with E-state index in [0.29, 0.717) is 5.92 Å². The molecule has 2 heterocycles. The summed E-state index contributed by atoms with van der Waals surface area (Å²) in [5.41, 5.74) is 10.4. The fourth-order valence-corrected chi connectivity index (χ4v) is 3.19. The molecule has 0 bridgehead atoms. The number of benzene rings is 1. The first-order chi connectivity index (χ1) is 10.5. The van der Waals surface area contributed by atoms with Crippen molar-refractivity contribution in [1.82, 2.24) is 14.7 Å². The molecule has 2 unspecified atom stereocenters. The molecule has 0 spiro atoms. The summed E-state index contributed by atoms with van der Waals surface area (Å²) in [6.45, 7) is 9.13. The van der Waals surface area contributed by atoms with Gasteiger partial charge in [-0.05, 0) is 44.0 Å². The summed E-state index contributed by atoms with van der Waals surface area (Å²) >= 11 is 0. The maximum Gasteiger partial charge on any atom is 0.123 e. The minimum Gasteiger partial charge on any atom is -0.326 e. The molecule has 2 atom stereocenters. The molecule has 3 rings (SSSR count). The zero-order valence-electron chi connectivity index (χ0n) is 13.8. The van der Waals surface area contributed by atoms with Crippen LogP contribution in [0.4, 0.5) is 4.39 Å². The second-order valence-electron chi connectivity index (χ2n) is 6.37. The molecule has 0 amide bonds. The van der Waals surface area contributed by atoms with Crippen LogP contribution in [0, 0.1) is 25.6 Å². The molecule has 1 aliphatic heterocycles. The fourth-order valence-electron chi connectivity index (χ4n) is 3.19. The molecule has 0 radical (unpaired) electrons. The average Bonchev–Trinajstić information content (AvgIpc) is 2.94. The van der Waals surface area contributed by atoms with Gasteiger partial charge in [0.2, 0.25) is 0 Å². The molecule has 126 valence electrons. The van der Waals surface area contributed by atoms with Crippen LogP contribution in [-0.2, 0) is 6.54 Å². The lowest BCUT2D eigenvalue weighted by Crippen LogP contribution is -2.28. The molecule has 23 heavy (non-hydrogen) atoms. The van der Waals surface area contributed by atoms with Gasteiger partial charge in [-0.1, -0.05) is 6.92 Å². The van der Waals surface area contributed by atoms with E-state index in [1.54, 1.807) is 12.1 Å². The molecular formula is C17H24ClFN4. The molecule has 0 aliphatic carbocycles. The van der Waals surface area contributed by atoms with Crippen molar-refractivity contribution in [2.75, 3.05) is 13.1 Å². The molecule has 2 N–H and O–H groups in total. The molecule has 1 aromatic carbocycles. The summed E-state index contributed by atoms with van der Waals surface area (Å²) in [5.74, 6) is 0.304. The highest BCUT2D eigenvalue weighted by Gasteiger charge is 2.27. The second kappa shape index (κ2) is 6.99. The van der Waals surface area contributed by atoms with E-state index in [0.717, 1.165) is 36.7 Å². The highest BCUT2D eigenvalue weighted by molar-refractivity contribution is 5.85. The van der Waals surface area contributed by atoms with E-state index < -0.39 is 0 Å². The Morgan fingerprint density at radius 1 is 1.22 bits per heavy atom. The van der Waals surface area contributed by atoms with Crippen LogP contribution in [0.15, 0.2) is 24.3 Å². The summed E-state index contributed by atoms with van der Waals surface area (Å²) in [5, 5.41) is 4.63. The molecule has 2 aromatic rings. The van der Waals surface area contributed by atoms with Gasteiger partial charge in [0.05, 0.1) is 11.4 Å². The minimum atomic E-state index is -0.231. The van der Waals surface area contributed by atoms with Gasteiger partial charge < -0.3 is 5.73 Å². The van der Waals surface area contributed by atoms with Crippen LogP contribution < -0.4 is 5.73 Å². The minimum absolute atomic E-state index is 0. The van der Waals surface area contributed by atoms with Gasteiger partial charge in [-0.2, -0.15) is 5.10 Å². The maximum atomic E-state index is 13.1. The number of hydrogen-bond donors (Lipinski definition) is 1. The first kappa shape index (κ1) is 17.9. The van der Waals surface area contributed by atoms with Gasteiger partial charge in [0, 0.05) is 36.9 Å². The smallest absolute Gasteiger partial charge is 0.123 e. The van der Waals surface area contributed by atoms with E-state index in [1.165, 1.54) is 17.7 Å². The summed E-state index contributed by atoms with van der Waals surface area (Å²) in [4.78, 5) is 2.39. The Hall–Kier alpha value is -1.43. The average molecular weight is 339 g/mol. The maximum absolute atomic E-state index is 13.1. The number of nitrogens with two attached hydrogens (primary N) is 1. The topological polar surface area (TPSA) is 47.1 Å². The first-order valence-electron chi connectivity index (χ1n) is 7.74. The lowest BCUT2D eigenvalue weighted by molar-refractivity contribution is 0.317. The van der Waals surface area contributed by atoms with Crippen LogP contribution in [-0.4, -0.2) is 33.8 Å². The van der Waals surface area contributed by atoms with Crippen molar-refractivity contribution in [1.29, 1.82) is 0 Å². The van der Waals surface area contributed by atoms with E-state index in [2.05, 4.69) is 23.8 Å². The van der Waals surface area contributed by atoms with Crippen LogP contribution in [0.2, 0.25) is 0 Å². The molecule has 1 fully saturated rings. The van der Waals surface area contributed by atoms with Gasteiger partial charge in [0.1, 0.15) is 5.82 Å². The normalized spacial score (nSPS) is 21.4. The van der Waals surface area contributed by atoms with Crippen LogP contribution >= 0.6 is 12.4 Å². The number of nitrogens with zero attached hydrogens (tertiary/aromatic N) is 3. The molecule has 1 aliphatic rings. The van der Waals surface area contributed by atoms with E-state index in [4.69, 9.17) is 5.73 Å². The van der Waals surface area contributed by atoms with Gasteiger partial charge in [-0.15, -0.1) is 12.4 Å². The Kier molecular flexibility index (Phi) is 5.45. The van der Waals surface area contributed by atoms with Crippen molar-refractivity contribution < 1.29 is 4.39 Å². The lowest BCUT2D eigenvalue weighted by Gasteiger charge is -2.15. The number of aromatic nitrogens is 2. The molecule has 0 saturated carbocycles. The van der Waals surface area contributed by atoms with E-state index in [9.17, 15) is 4.39 Å². The predicted octanol–water partition coefficient (Wildman–Crippen LogP) is 2.83. The largest absolute Gasteiger partial charge is 0.326 e. The number of rotatable bonds is 3. The molecular weight excluding hydrogens is 315 g/mol. The van der Waals surface area contributed by atoms with Crippen LogP contribution in [0.3, 0.4) is 0 Å². The van der Waals surface area contributed by atoms with Gasteiger partial charge >= 0.3 is 0 Å². The standard InChI is InChI=1S/C17H23FN4.ClH/c1-11-8-21(10-17(11)19)9-16-12(2)20-22(13(16)3)15-6-4-14(18)5-7-15;/h4-7,11,17H,8-10,19H2,1-3H3;1H. The lowest BCUT2D eigenvalue weighted by atomic mass is 10.1. The Balaban J connectivity index is 0.00000192. The van der Waals surface area contributed by atoms with Crippen LogP contribution in [0.25, 0.3) is 5.69 Å². The zero-order chi connectivity index (χ0) is 15.9. The number of likely N-dealkylation sites (tertiary alicyclic amines) is 1. The third-order valence-corrected chi connectivity index (χ3v) is 4.64. The van der Waals surface area contributed by atoms with Gasteiger partial charge in [-0.25, -0.2) is 9.07 Å². The third-order valence-electron chi connectivity index (χ3n) is 4.64. The second-order valence-corrected chi connectivity index (χ2v) is 6.37. The van der Waals surface area contributed by atoms with Crippen molar-refractivity contribution in [3.63, 3.8) is 0 Å². The van der Waals surface area contributed by atoms with Crippen molar-refractivity contribution >= 4 is 12.4 Å². The SMILES string of the molecule is Cc1nn(-c2ccc(F)cc2)c(C)c1CN1CC(C)C(N)C1.Cl. The zero-order valence-corrected chi connectivity index (χ0v) is 14.6.